The first-order valence-electron chi connectivity index (χ1n) is 7.51. The van der Waals surface area contributed by atoms with E-state index in [2.05, 4.69) is 39.0 Å². The van der Waals surface area contributed by atoms with E-state index in [0.717, 1.165) is 16.3 Å². The highest BCUT2D eigenvalue weighted by molar-refractivity contribution is 6.01. The van der Waals surface area contributed by atoms with Gasteiger partial charge in [0, 0.05) is 5.69 Å². The summed E-state index contributed by atoms with van der Waals surface area (Å²) in [5.41, 5.74) is 12.4. The standard InChI is InChI=1S/C20H19NO2/c1-11-6-12(2)19(13(3)7-11)15-5-4-14-9-17(20(22)23)18(21)10-16(14)8-15/h4-10H,21H2,1-3H3,(H,22,23). The van der Waals surface area contributed by atoms with Crippen molar-refractivity contribution in [3.05, 3.63) is 64.7 Å². The van der Waals surface area contributed by atoms with Gasteiger partial charge in [0.1, 0.15) is 0 Å². The zero-order valence-corrected chi connectivity index (χ0v) is 13.5. The molecule has 116 valence electrons. The summed E-state index contributed by atoms with van der Waals surface area (Å²) in [7, 11) is 0. The zero-order valence-electron chi connectivity index (χ0n) is 13.5. The lowest BCUT2D eigenvalue weighted by Crippen LogP contribution is -2.02. The number of carbonyl (C=O) groups is 1. The molecule has 0 atom stereocenters. The molecule has 3 N–H and O–H groups in total. The number of nitrogens with two attached hydrogens (primary N) is 1. The van der Waals surface area contributed by atoms with Crippen LogP contribution in [0.15, 0.2) is 42.5 Å². The number of aromatic carboxylic acids is 1. The third kappa shape index (κ3) is 2.66. The summed E-state index contributed by atoms with van der Waals surface area (Å²) in [5, 5.41) is 11.0. The van der Waals surface area contributed by atoms with Crippen LogP contribution in [0.5, 0.6) is 0 Å². The van der Waals surface area contributed by atoms with Gasteiger partial charge in [-0.05, 0) is 72.0 Å². The van der Waals surface area contributed by atoms with Crippen molar-refractivity contribution >= 4 is 22.4 Å². The molecule has 0 saturated heterocycles. The average molecular weight is 305 g/mol. The highest BCUT2D eigenvalue weighted by Crippen LogP contribution is 2.32. The Balaban J connectivity index is 2.22. The van der Waals surface area contributed by atoms with Crippen molar-refractivity contribution in [2.75, 3.05) is 5.73 Å². The van der Waals surface area contributed by atoms with Crippen molar-refractivity contribution in [2.45, 2.75) is 20.8 Å². The number of nitrogen functional groups attached to an aromatic ring is 1. The van der Waals surface area contributed by atoms with Gasteiger partial charge < -0.3 is 10.8 Å². The number of anilines is 1. The average Bonchev–Trinajstić information content (AvgIpc) is 2.45. The third-order valence-electron chi connectivity index (χ3n) is 4.20. The van der Waals surface area contributed by atoms with E-state index in [0.29, 0.717) is 5.69 Å². The second-order valence-electron chi connectivity index (χ2n) is 6.08. The molecule has 0 aliphatic carbocycles. The molecule has 0 fully saturated rings. The molecule has 0 saturated carbocycles. The van der Waals surface area contributed by atoms with Crippen molar-refractivity contribution in [1.29, 1.82) is 0 Å². The number of carboxylic acids is 1. The predicted octanol–water partition coefficient (Wildman–Crippen LogP) is 4.71. The van der Waals surface area contributed by atoms with E-state index >= 15 is 0 Å². The van der Waals surface area contributed by atoms with E-state index in [1.165, 1.54) is 22.3 Å². The molecule has 0 aliphatic heterocycles. The Hall–Kier alpha value is -2.81. The smallest absolute Gasteiger partial charge is 0.337 e. The summed E-state index contributed by atoms with van der Waals surface area (Å²) in [4.78, 5) is 11.2. The monoisotopic (exact) mass is 305 g/mol. The summed E-state index contributed by atoms with van der Waals surface area (Å²) in [6, 6.07) is 13.8. The number of hydrogen-bond acceptors (Lipinski definition) is 2. The molecule has 0 amide bonds. The van der Waals surface area contributed by atoms with Gasteiger partial charge in [-0.15, -0.1) is 0 Å². The van der Waals surface area contributed by atoms with Crippen LogP contribution in [-0.4, -0.2) is 11.1 Å². The Morgan fingerprint density at radius 2 is 1.57 bits per heavy atom. The molecule has 23 heavy (non-hydrogen) atoms. The number of aryl methyl sites for hydroxylation is 3. The van der Waals surface area contributed by atoms with Crippen LogP contribution < -0.4 is 5.73 Å². The molecular weight excluding hydrogens is 286 g/mol. The van der Waals surface area contributed by atoms with Crippen molar-refractivity contribution in [3.63, 3.8) is 0 Å². The summed E-state index contributed by atoms with van der Waals surface area (Å²) in [6.07, 6.45) is 0. The van der Waals surface area contributed by atoms with Gasteiger partial charge in [-0.1, -0.05) is 29.8 Å². The van der Waals surface area contributed by atoms with Gasteiger partial charge in [0.05, 0.1) is 5.56 Å². The second-order valence-corrected chi connectivity index (χ2v) is 6.08. The van der Waals surface area contributed by atoms with Crippen LogP contribution in [0, 0.1) is 20.8 Å². The van der Waals surface area contributed by atoms with E-state index in [1.54, 1.807) is 12.1 Å². The molecule has 0 unspecified atom stereocenters. The third-order valence-corrected chi connectivity index (χ3v) is 4.20. The number of hydrogen-bond donors (Lipinski definition) is 2. The van der Waals surface area contributed by atoms with Crippen LogP contribution in [-0.2, 0) is 0 Å². The summed E-state index contributed by atoms with van der Waals surface area (Å²) < 4.78 is 0. The van der Waals surface area contributed by atoms with Gasteiger partial charge in [0.15, 0.2) is 0 Å². The Labute approximate surface area is 135 Å². The summed E-state index contributed by atoms with van der Waals surface area (Å²) >= 11 is 0. The van der Waals surface area contributed by atoms with E-state index in [-0.39, 0.29) is 5.56 Å². The number of carboxylic acid groups (broad SMARTS) is 1. The van der Waals surface area contributed by atoms with E-state index < -0.39 is 5.97 Å². The molecular formula is C20H19NO2. The molecule has 0 radical (unpaired) electrons. The highest BCUT2D eigenvalue weighted by Gasteiger charge is 2.11. The molecule has 0 heterocycles. The molecule has 0 aliphatic rings. The van der Waals surface area contributed by atoms with E-state index in [4.69, 9.17) is 5.73 Å². The van der Waals surface area contributed by atoms with Crippen LogP contribution in [0.1, 0.15) is 27.0 Å². The molecule has 3 heteroatoms. The van der Waals surface area contributed by atoms with Crippen molar-refractivity contribution < 1.29 is 9.90 Å². The summed E-state index contributed by atoms with van der Waals surface area (Å²) in [5.74, 6) is -1.00. The quantitative estimate of drug-likeness (QED) is 0.674. The van der Waals surface area contributed by atoms with Crippen LogP contribution in [0.3, 0.4) is 0 Å². The minimum atomic E-state index is -1.00. The molecule has 0 spiro atoms. The van der Waals surface area contributed by atoms with Crippen LogP contribution in [0.2, 0.25) is 0 Å². The SMILES string of the molecule is Cc1cc(C)c(-c2ccc3cc(C(=O)O)c(N)cc3c2)c(C)c1. The number of benzene rings is 3. The first-order valence-corrected chi connectivity index (χ1v) is 7.51. The van der Waals surface area contributed by atoms with Crippen LogP contribution >= 0.6 is 0 Å². The molecule has 0 bridgehead atoms. The fourth-order valence-electron chi connectivity index (χ4n) is 3.29. The van der Waals surface area contributed by atoms with Crippen LogP contribution in [0.25, 0.3) is 21.9 Å². The largest absolute Gasteiger partial charge is 0.478 e. The van der Waals surface area contributed by atoms with Gasteiger partial charge >= 0.3 is 5.97 Å². The molecule has 3 rings (SSSR count). The van der Waals surface area contributed by atoms with Crippen molar-refractivity contribution in [2.24, 2.45) is 0 Å². The topological polar surface area (TPSA) is 63.3 Å². The van der Waals surface area contributed by atoms with Gasteiger partial charge in [0.2, 0.25) is 0 Å². The predicted molar refractivity (Wildman–Crippen MR) is 95.0 cm³/mol. The maximum atomic E-state index is 11.2. The lowest BCUT2D eigenvalue weighted by molar-refractivity contribution is 0.0698. The Kier molecular flexibility index (Phi) is 3.57. The minimum absolute atomic E-state index is 0.146. The second kappa shape index (κ2) is 5.43. The Morgan fingerprint density at radius 3 is 2.17 bits per heavy atom. The lowest BCUT2D eigenvalue weighted by atomic mass is 9.92. The summed E-state index contributed by atoms with van der Waals surface area (Å²) in [6.45, 7) is 6.32. The van der Waals surface area contributed by atoms with Gasteiger partial charge in [0.25, 0.3) is 0 Å². The molecule has 3 aromatic carbocycles. The lowest BCUT2D eigenvalue weighted by Gasteiger charge is -2.13. The van der Waals surface area contributed by atoms with Gasteiger partial charge in [-0.25, -0.2) is 4.79 Å². The van der Waals surface area contributed by atoms with E-state index in [1.807, 2.05) is 12.1 Å². The first kappa shape index (κ1) is 15.1. The van der Waals surface area contributed by atoms with Crippen LogP contribution in [0.4, 0.5) is 5.69 Å². The molecule has 3 aromatic rings. The van der Waals surface area contributed by atoms with Gasteiger partial charge in [-0.3, -0.25) is 0 Å². The zero-order chi connectivity index (χ0) is 16.7. The fraction of sp³-hybridized carbons (Fsp3) is 0.150. The number of rotatable bonds is 2. The normalized spacial score (nSPS) is 10.9. The fourth-order valence-corrected chi connectivity index (χ4v) is 3.29. The number of fused-ring (bicyclic) bond motifs is 1. The molecule has 3 nitrogen and oxygen atoms in total. The Bertz CT molecular complexity index is 919. The van der Waals surface area contributed by atoms with Crippen molar-refractivity contribution in [3.8, 4) is 11.1 Å². The minimum Gasteiger partial charge on any atom is -0.478 e. The van der Waals surface area contributed by atoms with Gasteiger partial charge in [-0.2, -0.15) is 0 Å². The maximum Gasteiger partial charge on any atom is 0.337 e. The van der Waals surface area contributed by atoms with E-state index in [9.17, 15) is 9.90 Å². The molecule has 0 aromatic heterocycles. The highest BCUT2D eigenvalue weighted by atomic mass is 16.4. The Morgan fingerprint density at radius 1 is 0.913 bits per heavy atom. The van der Waals surface area contributed by atoms with Crippen molar-refractivity contribution in [1.82, 2.24) is 0 Å². The maximum absolute atomic E-state index is 11.2. The first-order chi connectivity index (χ1) is 10.9.